The van der Waals surface area contributed by atoms with Gasteiger partial charge in [-0.25, -0.2) is 0 Å². The van der Waals surface area contributed by atoms with Crippen LogP contribution >= 0.6 is 11.8 Å². The average Bonchev–Trinajstić information content (AvgIpc) is 2.63. The summed E-state index contributed by atoms with van der Waals surface area (Å²) in [7, 11) is 0. The van der Waals surface area contributed by atoms with Gasteiger partial charge in [-0.15, -0.1) is 11.8 Å². The van der Waals surface area contributed by atoms with Crippen molar-refractivity contribution in [2.24, 2.45) is 0 Å². The van der Waals surface area contributed by atoms with E-state index in [1.54, 1.807) is 30.3 Å². The Bertz CT molecular complexity index is 759. The van der Waals surface area contributed by atoms with Crippen LogP contribution in [0, 0.1) is 0 Å². The highest BCUT2D eigenvalue weighted by Crippen LogP contribution is 2.24. The number of Topliss-reactive ketones (excluding diaryl/α,β-unsaturated/α-hetero) is 1. The van der Waals surface area contributed by atoms with Gasteiger partial charge in [-0.2, -0.15) is 0 Å². The molecule has 0 aliphatic carbocycles. The van der Waals surface area contributed by atoms with Crippen LogP contribution < -0.4 is 14.8 Å². The van der Waals surface area contributed by atoms with E-state index in [1.807, 2.05) is 39.0 Å². The molecule has 144 valence electrons. The van der Waals surface area contributed by atoms with E-state index in [9.17, 15) is 9.59 Å². The molecule has 0 radical (unpaired) electrons. The zero-order valence-corrected chi connectivity index (χ0v) is 16.7. The molecule has 0 aliphatic heterocycles. The minimum absolute atomic E-state index is 0.0152. The average molecular weight is 388 g/mol. The van der Waals surface area contributed by atoms with E-state index in [4.69, 9.17) is 9.47 Å². The lowest BCUT2D eigenvalue weighted by Gasteiger charge is -2.11. The Balaban J connectivity index is 1.80. The molecule has 0 fully saturated rings. The molecule has 0 aliphatic rings. The molecule has 27 heavy (non-hydrogen) atoms. The maximum absolute atomic E-state index is 12.2. The molecule has 0 saturated heterocycles. The summed E-state index contributed by atoms with van der Waals surface area (Å²) in [6.07, 6.45) is 0.0912. The van der Waals surface area contributed by atoms with E-state index >= 15 is 0 Å². The summed E-state index contributed by atoms with van der Waals surface area (Å²) >= 11 is 1.28. The van der Waals surface area contributed by atoms with Crippen molar-refractivity contribution in [2.45, 2.75) is 26.9 Å². The summed E-state index contributed by atoms with van der Waals surface area (Å²) in [5.74, 6) is 1.63. The van der Waals surface area contributed by atoms with Gasteiger partial charge < -0.3 is 14.8 Å². The van der Waals surface area contributed by atoms with E-state index in [0.717, 1.165) is 5.75 Å². The maximum atomic E-state index is 12.2. The molecule has 1 N–H and O–H groups in total. The first-order valence-electron chi connectivity index (χ1n) is 8.89. The molecule has 0 unspecified atom stereocenters. The van der Waals surface area contributed by atoms with Crippen LogP contribution in [0.1, 0.15) is 31.1 Å². The number of carbonyl (C=O) groups is 2. The van der Waals surface area contributed by atoms with Gasteiger partial charge in [-0.05, 0) is 57.2 Å². The molecule has 0 spiro atoms. The number of ketones is 1. The lowest BCUT2D eigenvalue weighted by molar-refractivity contribution is -0.113. The zero-order chi connectivity index (χ0) is 19.6. The van der Waals surface area contributed by atoms with E-state index in [-0.39, 0.29) is 29.3 Å². The van der Waals surface area contributed by atoms with Gasteiger partial charge in [-0.1, -0.05) is 12.1 Å². The first-order chi connectivity index (χ1) is 13.0. The highest BCUT2D eigenvalue weighted by atomic mass is 32.2. The Morgan fingerprint density at radius 2 is 1.74 bits per heavy atom. The summed E-state index contributed by atoms with van der Waals surface area (Å²) in [5.41, 5.74) is 1.25. The smallest absolute Gasteiger partial charge is 0.234 e. The lowest BCUT2D eigenvalue weighted by atomic mass is 10.1. The van der Waals surface area contributed by atoms with Crippen molar-refractivity contribution in [1.82, 2.24) is 0 Å². The predicted octanol–water partition coefficient (Wildman–Crippen LogP) is 4.43. The van der Waals surface area contributed by atoms with Crippen molar-refractivity contribution >= 4 is 29.1 Å². The minimum Gasteiger partial charge on any atom is -0.492 e. The second-order valence-electron chi connectivity index (χ2n) is 6.08. The standard InChI is InChI=1S/C21H25NO4S/c1-4-25-20-8-6-5-7-18(20)22-21(24)14-27-13-19(23)16-9-11-17(12-10-16)26-15(2)3/h5-12,15H,4,13-14H2,1-3H3,(H,22,24). The Morgan fingerprint density at radius 1 is 1.04 bits per heavy atom. The quantitative estimate of drug-likeness (QED) is 0.611. The van der Waals surface area contributed by atoms with E-state index in [1.165, 1.54) is 11.8 Å². The first kappa shape index (κ1) is 20.8. The molecule has 2 aromatic rings. The van der Waals surface area contributed by atoms with Gasteiger partial charge in [0.1, 0.15) is 11.5 Å². The predicted molar refractivity (Wildman–Crippen MR) is 110 cm³/mol. The van der Waals surface area contributed by atoms with E-state index < -0.39 is 0 Å². The number of para-hydroxylation sites is 2. The van der Waals surface area contributed by atoms with Crippen LogP contribution in [0.2, 0.25) is 0 Å². The fourth-order valence-corrected chi connectivity index (χ4v) is 3.06. The Morgan fingerprint density at radius 3 is 2.41 bits per heavy atom. The Labute approximate surface area is 164 Å². The van der Waals surface area contributed by atoms with Gasteiger partial charge in [0.25, 0.3) is 0 Å². The van der Waals surface area contributed by atoms with Gasteiger partial charge >= 0.3 is 0 Å². The molecular weight excluding hydrogens is 362 g/mol. The molecule has 1 amide bonds. The fourth-order valence-electron chi connectivity index (χ4n) is 2.35. The monoisotopic (exact) mass is 387 g/mol. The minimum atomic E-state index is -0.166. The molecule has 0 atom stereocenters. The van der Waals surface area contributed by atoms with Crippen LogP contribution in [-0.2, 0) is 4.79 Å². The van der Waals surface area contributed by atoms with Gasteiger partial charge in [0.2, 0.25) is 5.91 Å². The SMILES string of the molecule is CCOc1ccccc1NC(=O)CSCC(=O)c1ccc(OC(C)C)cc1. The van der Waals surface area contributed by atoms with E-state index in [2.05, 4.69) is 5.32 Å². The number of ether oxygens (including phenoxy) is 2. The van der Waals surface area contributed by atoms with Crippen LogP contribution in [0.4, 0.5) is 5.69 Å². The van der Waals surface area contributed by atoms with E-state index in [0.29, 0.717) is 23.6 Å². The number of benzene rings is 2. The van der Waals surface area contributed by atoms with Crippen LogP contribution in [-0.4, -0.2) is 35.9 Å². The normalized spacial score (nSPS) is 10.5. The van der Waals surface area contributed by atoms with Crippen LogP contribution in [0.25, 0.3) is 0 Å². The van der Waals surface area contributed by atoms with Crippen molar-refractivity contribution in [2.75, 3.05) is 23.4 Å². The summed E-state index contributed by atoms with van der Waals surface area (Å²) in [4.78, 5) is 24.4. The summed E-state index contributed by atoms with van der Waals surface area (Å²) in [5, 5.41) is 2.82. The summed E-state index contributed by atoms with van der Waals surface area (Å²) < 4.78 is 11.1. The molecule has 0 aromatic heterocycles. The summed E-state index contributed by atoms with van der Waals surface area (Å²) in [6, 6.07) is 14.4. The Hall–Kier alpha value is -2.47. The number of hydrogen-bond donors (Lipinski definition) is 1. The molecule has 5 nitrogen and oxygen atoms in total. The number of amides is 1. The van der Waals surface area contributed by atoms with Crippen LogP contribution in [0.5, 0.6) is 11.5 Å². The third-order valence-corrected chi connectivity index (χ3v) is 4.41. The fraction of sp³-hybridized carbons (Fsp3) is 0.333. The summed E-state index contributed by atoms with van der Waals surface area (Å²) in [6.45, 7) is 6.32. The highest BCUT2D eigenvalue weighted by molar-refractivity contribution is 8.00. The van der Waals surface area contributed by atoms with Crippen molar-refractivity contribution in [3.63, 3.8) is 0 Å². The molecule has 6 heteroatoms. The van der Waals surface area contributed by atoms with Gasteiger partial charge in [0.05, 0.1) is 29.9 Å². The number of rotatable bonds is 10. The third kappa shape index (κ3) is 6.98. The van der Waals surface area contributed by atoms with Gasteiger partial charge in [0, 0.05) is 5.56 Å². The van der Waals surface area contributed by atoms with Crippen LogP contribution in [0.15, 0.2) is 48.5 Å². The largest absolute Gasteiger partial charge is 0.492 e. The molecule has 2 aromatic carbocycles. The van der Waals surface area contributed by atoms with Crippen molar-refractivity contribution < 1.29 is 19.1 Å². The molecular formula is C21H25NO4S. The van der Waals surface area contributed by atoms with Crippen molar-refractivity contribution in [1.29, 1.82) is 0 Å². The van der Waals surface area contributed by atoms with Crippen molar-refractivity contribution in [3.8, 4) is 11.5 Å². The zero-order valence-electron chi connectivity index (χ0n) is 15.9. The molecule has 0 saturated carbocycles. The number of thioether (sulfide) groups is 1. The highest BCUT2D eigenvalue weighted by Gasteiger charge is 2.11. The van der Waals surface area contributed by atoms with Gasteiger partial charge in [0.15, 0.2) is 5.78 Å². The molecule has 0 heterocycles. The number of hydrogen-bond acceptors (Lipinski definition) is 5. The molecule has 0 bridgehead atoms. The first-order valence-corrected chi connectivity index (χ1v) is 10.0. The van der Waals surface area contributed by atoms with Crippen molar-refractivity contribution in [3.05, 3.63) is 54.1 Å². The maximum Gasteiger partial charge on any atom is 0.234 e. The number of carbonyl (C=O) groups excluding carboxylic acids is 2. The second-order valence-corrected chi connectivity index (χ2v) is 7.07. The number of anilines is 1. The molecule has 2 rings (SSSR count). The number of nitrogens with one attached hydrogen (secondary N) is 1. The second kappa shape index (κ2) is 10.6. The topological polar surface area (TPSA) is 64.6 Å². The lowest BCUT2D eigenvalue weighted by Crippen LogP contribution is -2.16. The Kier molecular flexibility index (Phi) is 8.20. The third-order valence-electron chi connectivity index (χ3n) is 3.48. The van der Waals surface area contributed by atoms with Gasteiger partial charge in [-0.3, -0.25) is 9.59 Å². The van der Waals surface area contributed by atoms with Crippen LogP contribution in [0.3, 0.4) is 0 Å².